The van der Waals surface area contributed by atoms with Crippen LogP contribution >= 0.6 is 11.6 Å². The van der Waals surface area contributed by atoms with E-state index in [1.807, 2.05) is 0 Å². The average Bonchev–Trinajstić information content (AvgIpc) is 3.05. The second kappa shape index (κ2) is 14.8. The first-order valence-electron chi connectivity index (χ1n) is 16.1. The normalized spacial score (nSPS) is 24.4. The molecule has 15 heteroatoms. The number of hydrogen-bond donors (Lipinski definition) is 5. The van der Waals surface area contributed by atoms with Crippen LogP contribution in [0.3, 0.4) is 0 Å². The molecule has 0 aromatic heterocycles. The SMILES string of the molecule is CC(C(=O)NCc1ccc(N=C(N)NOC(=O)C23CC4CC(CC(C4)C2)C3)cc1)N(C)C(=O)C(CO)NS(=O)(=O)Cc1ccc(Cl)cc1. The van der Waals surface area contributed by atoms with Crippen LogP contribution in [0.4, 0.5) is 5.69 Å². The van der Waals surface area contributed by atoms with Gasteiger partial charge in [-0.15, -0.1) is 0 Å². The maximum atomic E-state index is 13.0. The molecule has 0 radical (unpaired) electrons. The van der Waals surface area contributed by atoms with E-state index >= 15 is 0 Å². The third-order valence-electron chi connectivity index (χ3n) is 9.75. The fourth-order valence-electron chi connectivity index (χ4n) is 7.59. The van der Waals surface area contributed by atoms with E-state index in [0.29, 0.717) is 34.0 Å². The number of rotatable bonds is 12. The van der Waals surface area contributed by atoms with Gasteiger partial charge in [0.2, 0.25) is 27.8 Å². The van der Waals surface area contributed by atoms with E-state index in [0.717, 1.165) is 29.7 Å². The lowest BCUT2D eigenvalue weighted by molar-refractivity contribution is -0.176. The second-order valence-corrected chi connectivity index (χ2v) is 15.6. The van der Waals surface area contributed by atoms with Gasteiger partial charge >= 0.3 is 5.97 Å². The molecule has 48 heavy (non-hydrogen) atoms. The number of nitrogens with one attached hydrogen (secondary N) is 3. The van der Waals surface area contributed by atoms with Crippen molar-refractivity contribution >= 4 is 51.1 Å². The minimum absolute atomic E-state index is 0.0517. The van der Waals surface area contributed by atoms with E-state index in [-0.39, 0.29) is 18.5 Å². The Balaban J connectivity index is 1.07. The molecule has 13 nitrogen and oxygen atoms in total. The van der Waals surface area contributed by atoms with Gasteiger partial charge in [0.15, 0.2) is 0 Å². The number of hydroxylamine groups is 1. The average molecular weight is 703 g/mol. The fourth-order valence-corrected chi connectivity index (χ4v) is 9.04. The van der Waals surface area contributed by atoms with Crippen molar-refractivity contribution in [3.63, 3.8) is 0 Å². The smallest absolute Gasteiger partial charge is 0.338 e. The van der Waals surface area contributed by atoms with Crippen LogP contribution in [0.15, 0.2) is 53.5 Å². The number of nitrogens with two attached hydrogens (primary N) is 1. The lowest BCUT2D eigenvalue weighted by atomic mass is 9.49. The highest BCUT2D eigenvalue weighted by Crippen LogP contribution is 2.60. The largest absolute Gasteiger partial charge is 0.394 e. The van der Waals surface area contributed by atoms with Crippen LogP contribution in [0.25, 0.3) is 0 Å². The molecule has 2 unspecified atom stereocenters. The molecular weight excluding hydrogens is 660 g/mol. The van der Waals surface area contributed by atoms with Crippen LogP contribution in [0.1, 0.15) is 56.6 Å². The Hall–Kier alpha value is -3.72. The van der Waals surface area contributed by atoms with Crippen LogP contribution < -0.4 is 21.3 Å². The summed E-state index contributed by atoms with van der Waals surface area (Å²) in [6, 6.07) is 10.6. The summed E-state index contributed by atoms with van der Waals surface area (Å²) < 4.78 is 27.5. The maximum Gasteiger partial charge on any atom is 0.338 e. The van der Waals surface area contributed by atoms with Crippen LogP contribution in [0.2, 0.25) is 5.02 Å². The minimum atomic E-state index is -4.00. The highest BCUT2D eigenvalue weighted by Gasteiger charge is 2.55. The Morgan fingerprint density at radius 3 is 2.15 bits per heavy atom. The molecule has 2 aromatic carbocycles. The molecule has 4 fully saturated rings. The first kappa shape index (κ1) is 35.6. The van der Waals surface area contributed by atoms with Gasteiger partial charge in [0.25, 0.3) is 0 Å². The summed E-state index contributed by atoms with van der Waals surface area (Å²) in [6.07, 6.45) is 6.33. The number of halogens is 1. The van der Waals surface area contributed by atoms with Crippen molar-refractivity contribution in [1.29, 1.82) is 0 Å². The molecule has 6 rings (SSSR count). The number of aliphatic imine (C=N–C) groups is 1. The maximum absolute atomic E-state index is 13.0. The molecule has 0 heterocycles. The van der Waals surface area contributed by atoms with Crippen molar-refractivity contribution < 1.29 is 32.7 Å². The summed E-state index contributed by atoms with van der Waals surface area (Å²) in [7, 11) is -2.65. The molecule has 4 bridgehead atoms. The van der Waals surface area contributed by atoms with E-state index in [1.165, 1.54) is 33.2 Å². The summed E-state index contributed by atoms with van der Waals surface area (Å²) >= 11 is 5.85. The van der Waals surface area contributed by atoms with Crippen LogP contribution in [-0.2, 0) is 41.5 Å². The van der Waals surface area contributed by atoms with E-state index in [9.17, 15) is 27.9 Å². The molecule has 2 atom stereocenters. The van der Waals surface area contributed by atoms with Crippen molar-refractivity contribution in [2.75, 3.05) is 13.7 Å². The number of aliphatic hydroxyl groups excluding tert-OH is 1. The Morgan fingerprint density at radius 2 is 1.58 bits per heavy atom. The summed E-state index contributed by atoms with van der Waals surface area (Å²) in [5.74, 6) is -0.134. The molecule has 4 saturated carbocycles. The molecule has 0 spiro atoms. The zero-order valence-corrected chi connectivity index (χ0v) is 28.6. The Morgan fingerprint density at radius 1 is 1.02 bits per heavy atom. The first-order valence-corrected chi connectivity index (χ1v) is 18.1. The molecule has 4 aliphatic rings. The van der Waals surface area contributed by atoms with Gasteiger partial charge in [-0.1, -0.05) is 35.9 Å². The van der Waals surface area contributed by atoms with Gasteiger partial charge in [0.05, 0.1) is 23.5 Å². The van der Waals surface area contributed by atoms with Gasteiger partial charge in [-0.2, -0.15) is 5.48 Å². The van der Waals surface area contributed by atoms with Crippen molar-refractivity contribution in [3.05, 3.63) is 64.7 Å². The fraction of sp³-hybridized carbons (Fsp3) is 0.515. The lowest BCUT2D eigenvalue weighted by Gasteiger charge is -2.54. The number of benzene rings is 2. The predicted octanol–water partition coefficient (Wildman–Crippen LogP) is 2.49. The molecular formula is C33H43ClN6O7S. The lowest BCUT2D eigenvalue weighted by Crippen LogP contribution is -2.54. The highest BCUT2D eigenvalue weighted by atomic mass is 35.5. The molecule has 2 amide bonds. The number of aliphatic hydroxyl groups is 1. The number of hydrogen-bond acceptors (Lipinski definition) is 8. The predicted molar refractivity (Wildman–Crippen MR) is 180 cm³/mol. The number of guanidine groups is 1. The standard InChI is InChI=1S/C33H43ClN6O7S/c1-20(40(2)30(43)28(18-41)39-48(45,46)19-22-3-7-26(34)8-4-22)29(42)36-17-21-5-9-27(10-6-21)37-32(35)38-47-31(44)33-14-23-11-24(15-33)13-25(12-23)16-33/h3-10,20,23-25,28,39,41H,11-19H2,1-2H3,(H,36,42)(H3,35,37,38). The number of carbonyl (C=O) groups excluding carboxylic acids is 3. The van der Waals surface area contributed by atoms with Gasteiger partial charge in [0, 0.05) is 18.6 Å². The van der Waals surface area contributed by atoms with Gasteiger partial charge in [-0.25, -0.2) is 22.9 Å². The van der Waals surface area contributed by atoms with E-state index in [4.69, 9.17) is 22.2 Å². The third kappa shape index (κ3) is 8.65. The topological polar surface area (TPSA) is 193 Å². The van der Waals surface area contributed by atoms with E-state index < -0.39 is 51.7 Å². The Labute approximate surface area is 285 Å². The number of sulfonamides is 1. The Bertz CT molecular complexity index is 1600. The molecule has 6 N–H and O–H groups in total. The van der Waals surface area contributed by atoms with E-state index in [1.54, 1.807) is 48.5 Å². The molecule has 4 aliphatic carbocycles. The third-order valence-corrected chi connectivity index (χ3v) is 11.4. The summed E-state index contributed by atoms with van der Waals surface area (Å²) in [5.41, 5.74) is 9.78. The summed E-state index contributed by atoms with van der Waals surface area (Å²) in [4.78, 5) is 49.6. The van der Waals surface area contributed by atoms with Crippen molar-refractivity contribution in [2.45, 2.75) is 69.8 Å². The van der Waals surface area contributed by atoms with Crippen LogP contribution in [0, 0.1) is 23.2 Å². The van der Waals surface area contributed by atoms with E-state index in [2.05, 4.69) is 20.5 Å². The number of likely N-dealkylation sites (N-methyl/N-ethyl adjacent to an activating group) is 1. The second-order valence-electron chi connectivity index (χ2n) is 13.4. The molecule has 2 aromatic rings. The van der Waals surface area contributed by atoms with Gasteiger partial charge in [-0.05, 0) is 98.6 Å². The van der Waals surface area contributed by atoms with Gasteiger partial charge < -0.3 is 25.9 Å². The monoisotopic (exact) mass is 702 g/mol. The molecule has 0 aliphatic heterocycles. The van der Waals surface area contributed by atoms with Gasteiger partial charge in [-0.3, -0.25) is 9.59 Å². The minimum Gasteiger partial charge on any atom is -0.394 e. The van der Waals surface area contributed by atoms with Crippen molar-refractivity contribution in [1.82, 2.24) is 20.4 Å². The Kier molecular flexibility index (Phi) is 11.0. The van der Waals surface area contributed by atoms with Crippen molar-refractivity contribution in [2.24, 2.45) is 33.9 Å². The van der Waals surface area contributed by atoms with Crippen LogP contribution in [0.5, 0.6) is 0 Å². The van der Waals surface area contributed by atoms with Crippen LogP contribution in [-0.4, -0.2) is 67.9 Å². The highest BCUT2D eigenvalue weighted by molar-refractivity contribution is 7.88. The number of carbonyl (C=O) groups is 3. The number of nitrogens with zero attached hydrogens (tertiary/aromatic N) is 2. The molecule has 260 valence electrons. The summed E-state index contributed by atoms with van der Waals surface area (Å²) in [5, 5.41) is 13.0. The van der Waals surface area contributed by atoms with Crippen molar-refractivity contribution in [3.8, 4) is 0 Å². The van der Waals surface area contributed by atoms with Gasteiger partial charge in [0.1, 0.15) is 12.1 Å². The first-order chi connectivity index (χ1) is 22.8. The molecule has 0 saturated heterocycles. The quantitative estimate of drug-likeness (QED) is 0.126. The zero-order valence-electron chi connectivity index (χ0n) is 27.0. The zero-order chi connectivity index (χ0) is 34.6. The summed E-state index contributed by atoms with van der Waals surface area (Å²) in [6.45, 7) is 0.840. The number of amides is 2.